The monoisotopic (exact) mass is 286 g/mol. The molecule has 114 valence electrons. The first-order chi connectivity index (χ1) is 10.3. The molecule has 1 N–H and O–H groups in total. The zero-order valence-electron chi connectivity index (χ0n) is 13.0. The molecule has 1 heterocycles. The van der Waals surface area contributed by atoms with Gasteiger partial charge in [-0.15, -0.1) is 0 Å². The number of para-hydroxylation sites is 1. The van der Waals surface area contributed by atoms with Gasteiger partial charge in [-0.3, -0.25) is 4.90 Å². The third kappa shape index (κ3) is 4.58. The smallest absolute Gasteiger partial charge is 0.123 e. The van der Waals surface area contributed by atoms with Crippen LogP contribution in [0.3, 0.4) is 0 Å². The summed E-state index contributed by atoms with van der Waals surface area (Å²) in [6, 6.07) is 9.14. The van der Waals surface area contributed by atoms with E-state index in [-0.39, 0.29) is 0 Å². The zero-order chi connectivity index (χ0) is 14.5. The highest BCUT2D eigenvalue weighted by molar-refractivity contribution is 5.33. The summed E-state index contributed by atoms with van der Waals surface area (Å²) in [5.41, 5.74) is 2.76. The van der Waals surface area contributed by atoms with Crippen LogP contribution in [-0.2, 0) is 6.54 Å². The maximum Gasteiger partial charge on any atom is 0.123 e. The SMILES string of the molecule is CC1=CCCN(CCOc2ccccc2CNC2CC2)C1. The molecule has 1 aliphatic carbocycles. The van der Waals surface area contributed by atoms with E-state index < -0.39 is 0 Å². The minimum atomic E-state index is 0.737. The molecule has 0 spiro atoms. The van der Waals surface area contributed by atoms with Crippen LogP contribution in [0.15, 0.2) is 35.9 Å². The summed E-state index contributed by atoms with van der Waals surface area (Å²) in [6.07, 6.45) is 6.17. The van der Waals surface area contributed by atoms with E-state index in [1.165, 1.54) is 30.4 Å². The Morgan fingerprint density at radius 1 is 1.29 bits per heavy atom. The number of nitrogens with zero attached hydrogens (tertiary/aromatic N) is 1. The third-order valence-electron chi connectivity index (χ3n) is 4.21. The molecule has 1 aromatic carbocycles. The van der Waals surface area contributed by atoms with E-state index in [0.717, 1.165) is 44.6 Å². The average molecular weight is 286 g/mol. The minimum Gasteiger partial charge on any atom is -0.492 e. The van der Waals surface area contributed by atoms with Crippen LogP contribution in [0, 0.1) is 0 Å². The van der Waals surface area contributed by atoms with Gasteiger partial charge in [-0.05, 0) is 32.3 Å². The summed E-state index contributed by atoms with van der Waals surface area (Å²) in [4.78, 5) is 2.47. The van der Waals surface area contributed by atoms with E-state index in [2.05, 4.69) is 47.5 Å². The Bertz CT molecular complexity index is 494. The van der Waals surface area contributed by atoms with Crippen molar-refractivity contribution in [1.82, 2.24) is 10.2 Å². The van der Waals surface area contributed by atoms with Gasteiger partial charge in [0.2, 0.25) is 0 Å². The molecule has 1 saturated carbocycles. The van der Waals surface area contributed by atoms with E-state index in [9.17, 15) is 0 Å². The van der Waals surface area contributed by atoms with E-state index in [4.69, 9.17) is 4.74 Å². The molecule has 0 aromatic heterocycles. The Balaban J connectivity index is 1.46. The summed E-state index contributed by atoms with van der Waals surface area (Å²) in [6.45, 7) is 7.17. The van der Waals surface area contributed by atoms with Crippen molar-refractivity contribution >= 4 is 0 Å². The molecule has 0 atom stereocenters. The second-order valence-electron chi connectivity index (χ2n) is 6.23. The summed E-state index contributed by atoms with van der Waals surface area (Å²) < 4.78 is 6.03. The fourth-order valence-electron chi connectivity index (χ4n) is 2.80. The van der Waals surface area contributed by atoms with Crippen molar-refractivity contribution in [3.05, 3.63) is 41.5 Å². The third-order valence-corrected chi connectivity index (χ3v) is 4.21. The average Bonchev–Trinajstić information content (AvgIpc) is 3.31. The van der Waals surface area contributed by atoms with Gasteiger partial charge < -0.3 is 10.1 Å². The van der Waals surface area contributed by atoms with Gasteiger partial charge in [-0.2, -0.15) is 0 Å². The first kappa shape index (κ1) is 14.6. The van der Waals surface area contributed by atoms with Crippen molar-refractivity contribution in [3.63, 3.8) is 0 Å². The van der Waals surface area contributed by atoms with Gasteiger partial charge in [-0.1, -0.05) is 29.8 Å². The molecule has 0 amide bonds. The van der Waals surface area contributed by atoms with Crippen LogP contribution in [-0.4, -0.2) is 37.2 Å². The quantitative estimate of drug-likeness (QED) is 0.780. The summed E-state index contributed by atoms with van der Waals surface area (Å²) >= 11 is 0. The van der Waals surface area contributed by atoms with Crippen LogP contribution < -0.4 is 10.1 Å². The van der Waals surface area contributed by atoms with Gasteiger partial charge in [0.15, 0.2) is 0 Å². The molecule has 1 aliphatic heterocycles. The Hall–Kier alpha value is -1.32. The molecule has 1 fully saturated rings. The van der Waals surface area contributed by atoms with E-state index in [1.807, 2.05) is 0 Å². The molecule has 1 aromatic rings. The van der Waals surface area contributed by atoms with Gasteiger partial charge in [0, 0.05) is 37.8 Å². The standard InChI is InChI=1S/C18H26N2O/c1-15-5-4-10-20(14-15)11-12-21-18-7-3-2-6-16(18)13-19-17-8-9-17/h2-3,5-7,17,19H,4,8-14H2,1H3. The van der Waals surface area contributed by atoms with Crippen molar-refractivity contribution in [3.8, 4) is 5.75 Å². The number of rotatable bonds is 7. The molecular formula is C18H26N2O. The normalized spacial score (nSPS) is 19.4. The highest BCUT2D eigenvalue weighted by Crippen LogP contribution is 2.22. The van der Waals surface area contributed by atoms with Gasteiger partial charge >= 0.3 is 0 Å². The van der Waals surface area contributed by atoms with Crippen LogP contribution in [0.2, 0.25) is 0 Å². The lowest BCUT2D eigenvalue weighted by atomic mass is 10.1. The number of nitrogens with one attached hydrogen (secondary N) is 1. The predicted octanol–water partition coefficient (Wildman–Crippen LogP) is 2.97. The predicted molar refractivity (Wildman–Crippen MR) is 86.6 cm³/mol. The molecule has 21 heavy (non-hydrogen) atoms. The molecule has 0 radical (unpaired) electrons. The van der Waals surface area contributed by atoms with Crippen LogP contribution in [0.1, 0.15) is 31.7 Å². The largest absolute Gasteiger partial charge is 0.492 e. The number of hydrogen-bond acceptors (Lipinski definition) is 3. The maximum absolute atomic E-state index is 6.03. The fraction of sp³-hybridized carbons (Fsp3) is 0.556. The second-order valence-corrected chi connectivity index (χ2v) is 6.23. The molecule has 0 saturated heterocycles. The molecule has 2 aliphatic rings. The minimum absolute atomic E-state index is 0.737. The topological polar surface area (TPSA) is 24.5 Å². The Morgan fingerprint density at radius 3 is 2.95 bits per heavy atom. The Morgan fingerprint density at radius 2 is 2.14 bits per heavy atom. The molecule has 3 rings (SSSR count). The first-order valence-electron chi connectivity index (χ1n) is 8.13. The number of benzene rings is 1. The molecule has 0 bridgehead atoms. The molecule has 3 heteroatoms. The number of ether oxygens (including phenoxy) is 1. The van der Waals surface area contributed by atoms with E-state index in [1.54, 1.807) is 0 Å². The van der Waals surface area contributed by atoms with Crippen molar-refractivity contribution in [2.45, 2.75) is 38.8 Å². The second kappa shape index (κ2) is 7.10. The first-order valence-corrected chi connectivity index (χ1v) is 8.13. The molecular weight excluding hydrogens is 260 g/mol. The highest BCUT2D eigenvalue weighted by Gasteiger charge is 2.20. The van der Waals surface area contributed by atoms with Crippen molar-refractivity contribution in [2.24, 2.45) is 0 Å². The lowest BCUT2D eigenvalue weighted by Gasteiger charge is -2.26. The van der Waals surface area contributed by atoms with Crippen molar-refractivity contribution in [2.75, 3.05) is 26.2 Å². The summed E-state index contributed by atoms with van der Waals surface area (Å²) in [5, 5.41) is 3.56. The highest BCUT2D eigenvalue weighted by atomic mass is 16.5. The van der Waals surface area contributed by atoms with Crippen LogP contribution in [0.25, 0.3) is 0 Å². The van der Waals surface area contributed by atoms with Gasteiger partial charge in [-0.25, -0.2) is 0 Å². The van der Waals surface area contributed by atoms with Crippen LogP contribution in [0.4, 0.5) is 0 Å². The number of hydrogen-bond donors (Lipinski definition) is 1. The summed E-state index contributed by atoms with van der Waals surface area (Å²) in [5.74, 6) is 1.04. The molecule has 0 unspecified atom stereocenters. The van der Waals surface area contributed by atoms with Gasteiger partial charge in [0.1, 0.15) is 12.4 Å². The van der Waals surface area contributed by atoms with E-state index >= 15 is 0 Å². The van der Waals surface area contributed by atoms with E-state index in [0.29, 0.717) is 0 Å². The fourth-order valence-corrected chi connectivity index (χ4v) is 2.80. The van der Waals surface area contributed by atoms with Crippen molar-refractivity contribution in [1.29, 1.82) is 0 Å². The van der Waals surface area contributed by atoms with Crippen molar-refractivity contribution < 1.29 is 4.74 Å². The Labute approximate surface area is 128 Å². The zero-order valence-corrected chi connectivity index (χ0v) is 13.0. The van der Waals surface area contributed by atoms with Gasteiger partial charge in [0.25, 0.3) is 0 Å². The molecule has 3 nitrogen and oxygen atoms in total. The van der Waals surface area contributed by atoms with Gasteiger partial charge in [0.05, 0.1) is 0 Å². The van der Waals surface area contributed by atoms with Crippen LogP contribution >= 0.6 is 0 Å². The lowest BCUT2D eigenvalue weighted by Crippen LogP contribution is -2.33. The van der Waals surface area contributed by atoms with Crippen LogP contribution in [0.5, 0.6) is 5.75 Å². The maximum atomic E-state index is 6.03. The lowest BCUT2D eigenvalue weighted by molar-refractivity contribution is 0.215. The summed E-state index contributed by atoms with van der Waals surface area (Å²) in [7, 11) is 0. The Kier molecular flexibility index (Phi) is 4.94.